The van der Waals surface area contributed by atoms with Gasteiger partial charge in [-0.2, -0.15) is 8.78 Å². The molecule has 1 amide bonds. The van der Waals surface area contributed by atoms with Crippen LogP contribution in [0.3, 0.4) is 0 Å². The van der Waals surface area contributed by atoms with Crippen molar-refractivity contribution in [2.24, 2.45) is 5.92 Å². The van der Waals surface area contributed by atoms with Crippen molar-refractivity contribution in [3.05, 3.63) is 29.8 Å². The minimum absolute atomic E-state index is 0.00970. The smallest absolute Gasteiger partial charge is 0.387 e. The Morgan fingerprint density at radius 1 is 1.46 bits per heavy atom. The number of piperidine rings is 1. The van der Waals surface area contributed by atoms with E-state index in [4.69, 9.17) is 6.42 Å². The minimum Gasteiger partial charge on any atom is -0.435 e. The molecule has 1 aliphatic rings. The van der Waals surface area contributed by atoms with Gasteiger partial charge in [-0.3, -0.25) is 9.69 Å². The average molecular weight is 336 g/mol. The van der Waals surface area contributed by atoms with E-state index in [1.54, 1.807) is 24.1 Å². The van der Waals surface area contributed by atoms with Crippen LogP contribution in [0.2, 0.25) is 0 Å². The van der Waals surface area contributed by atoms with Crippen LogP contribution >= 0.6 is 0 Å². The number of rotatable bonds is 6. The van der Waals surface area contributed by atoms with Gasteiger partial charge < -0.3 is 9.64 Å². The largest absolute Gasteiger partial charge is 0.435 e. The van der Waals surface area contributed by atoms with Crippen LogP contribution in [-0.2, 0) is 11.3 Å². The standard InChI is InChI=1S/C18H22F2N2O2/c1-3-9-22-10-7-15(8-11-22)17(23)21(2)13-14-5-4-6-16(12-14)24-18(19)20/h1,4-6,12,15,18H,7-11,13H2,2H3. The third-order valence-electron chi connectivity index (χ3n) is 4.17. The topological polar surface area (TPSA) is 32.8 Å². The van der Waals surface area contributed by atoms with Crippen molar-refractivity contribution in [1.29, 1.82) is 0 Å². The molecular weight excluding hydrogens is 314 g/mol. The zero-order valence-corrected chi connectivity index (χ0v) is 13.8. The van der Waals surface area contributed by atoms with Gasteiger partial charge in [0.25, 0.3) is 0 Å². The van der Waals surface area contributed by atoms with Crippen molar-refractivity contribution in [1.82, 2.24) is 9.80 Å². The normalized spacial score (nSPS) is 16.0. The highest BCUT2D eigenvalue weighted by Crippen LogP contribution is 2.21. The second kappa shape index (κ2) is 8.65. The van der Waals surface area contributed by atoms with Gasteiger partial charge in [0.05, 0.1) is 6.54 Å². The quantitative estimate of drug-likeness (QED) is 0.749. The monoisotopic (exact) mass is 336 g/mol. The third kappa shape index (κ3) is 5.20. The lowest BCUT2D eigenvalue weighted by molar-refractivity contribution is -0.136. The number of ether oxygens (including phenoxy) is 1. The van der Waals surface area contributed by atoms with Gasteiger partial charge >= 0.3 is 6.61 Å². The predicted molar refractivity (Wildman–Crippen MR) is 87.5 cm³/mol. The van der Waals surface area contributed by atoms with E-state index in [0.29, 0.717) is 13.1 Å². The fourth-order valence-electron chi connectivity index (χ4n) is 2.95. The van der Waals surface area contributed by atoms with Crippen molar-refractivity contribution in [3.8, 4) is 18.1 Å². The lowest BCUT2D eigenvalue weighted by Crippen LogP contribution is -2.41. The van der Waals surface area contributed by atoms with Crippen LogP contribution in [0, 0.1) is 18.3 Å². The summed E-state index contributed by atoms with van der Waals surface area (Å²) < 4.78 is 28.9. The first kappa shape index (κ1) is 18.2. The summed E-state index contributed by atoms with van der Waals surface area (Å²) in [4.78, 5) is 16.3. The summed E-state index contributed by atoms with van der Waals surface area (Å²) in [6, 6.07) is 6.44. The first-order valence-electron chi connectivity index (χ1n) is 7.94. The number of hydrogen-bond acceptors (Lipinski definition) is 3. The first-order chi connectivity index (χ1) is 11.5. The molecule has 0 saturated carbocycles. The van der Waals surface area contributed by atoms with E-state index in [0.717, 1.165) is 31.5 Å². The maximum atomic E-state index is 12.5. The van der Waals surface area contributed by atoms with E-state index in [1.165, 1.54) is 12.1 Å². The lowest BCUT2D eigenvalue weighted by atomic mass is 9.95. The van der Waals surface area contributed by atoms with Crippen LogP contribution in [-0.4, -0.2) is 49.0 Å². The maximum absolute atomic E-state index is 12.5. The zero-order valence-electron chi connectivity index (χ0n) is 13.8. The number of halogens is 2. The Morgan fingerprint density at radius 2 is 2.17 bits per heavy atom. The van der Waals surface area contributed by atoms with E-state index in [1.807, 2.05) is 0 Å². The molecule has 1 heterocycles. The van der Waals surface area contributed by atoms with Gasteiger partial charge in [0, 0.05) is 19.5 Å². The van der Waals surface area contributed by atoms with Crippen LogP contribution in [0.25, 0.3) is 0 Å². The van der Waals surface area contributed by atoms with Crippen LogP contribution in [0.15, 0.2) is 24.3 Å². The number of carbonyl (C=O) groups excluding carboxylic acids is 1. The molecule has 0 aliphatic carbocycles. The molecule has 6 heteroatoms. The third-order valence-corrected chi connectivity index (χ3v) is 4.17. The van der Waals surface area contributed by atoms with E-state index in [9.17, 15) is 13.6 Å². The van der Waals surface area contributed by atoms with Gasteiger partial charge in [-0.15, -0.1) is 6.42 Å². The molecule has 0 unspecified atom stereocenters. The van der Waals surface area contributed by atoms with E-state index >= 15 is 0 Å². The number of likely N-dealkylation sites (tertiary alicyclic amines) is 1. The van der Waals surface area contributed by atoms with Crippen molar-refractivity contribution in [2.45, 2.75) is 26.0 Å². The molecule has 2 rings (SSSR count). The molecule has 1 fully saturated rings. The molecule has 0 N–H and O–H groups in total. The van der Waals surface area contributed by atoms with Gasteiger partial charge in [-0.05, 0) is 43.6 Å². The Labute approximate surface area is 141 Å². The van der Waals surface area contributed by atoms with Gasteiger partial charge in [-0.1, -0.05) is 18.1 Å². The Bertz CT molecular complexity index is 593. The highest BCUT2D eigenvalue weighted by molar-refractivity contribution is 5.78. The van der Waals surface area contributed by atoms with Crippen LogP contribution in [0.5, 0.6) is 5.75 Å². The second-order valence-electron chi connectivity index (χ2n) is 5.97. The fraction of sp³-hybridized carbons (Fsp3) is 0.500. The summed E-state index contributed by atoms with van der Waals surface area (Å²) in [5.74, 6) is 2.79. The molecular formula is C18H22F2N2O2. The molecule has 0 spiro atoms. The summed E-state index contributed by atoms with van der Waals surface area (Å²) in [5.41, 5.74) is 0.758. The van der Waals surface area contributed by atoms with Gasteiger partial charge in [-0.25, -0.2) is 0 Å². The number of nitrogens with zero attached hydrogens (tertiary/aromatic N) is 2. The summed E-state index contributed by atoms with van der Waals surface area (Å²) in [5, 5.41) is 0. The van der Waals surface area contributed by atoms with Crippen LogP contribution in [0.4, 0.5) is 8.78 Å². The van der Waals surface area contributed by atoms with Gasteiger partial charge in [0.15, 0.2) is 0 Å². The van der Waals surface area contributed by atoms with Crippen LogP contribution < -0.4 is 4.74 Å². The van der Waals surface area contributed by atoms with Crippen molar-refractivity contribution < 1.29 is 18.3 Å². The maximum Gasteiger partial charge on any atom is 0.387 e. The van der Waals surface area contributed by atoms with Crippen LogP contribution in [0.1, 0.15) is 18.4 Å². The molecule has 1 aromatic carbocycles. The molecule has 130 valence electrons. The van der Waals surface area contributed by atoms with Gasteiger partial charge in [0.1, 0.15) is 5.75 Å². The average Bonchev–Trinajstić information content (AvgIpc) is 2.55. The molecule has 1 saturated heterocycles. The predicted octanol–water partition coefficient (Wildman–Crippen LogP) is 2.59. The SMILES string of the molecule is C#CCN1CCC(C(=O)N(C)Cc2cccc(OC(F)F)c2)CC1. The highest BCUT2D eigenvalue weighted by atomic mass is 19.3. The highest BCUT2D eigenvalue weighted by Gasteiger charge is 2.26. The fourth-order valence-corrected chi connectivity index (χ4v) is 2.95. The summed E-state index contributed by atoms with van der Waals surface area (Å²) in [6.07, 6.45) is 6.89. The number of alkyl halides is 2. The molecule has 24 heavy (non-hydrogen) atoms. The Hall–Kier alpha value is -2.13. The summed E-state index contributed by atoms with van der Waals surface area (Å²) in [6.45, 7) is -0.219. The summed E-state index contributed by atoms with van der Waals surface area (Å²) >= 11 is 0. The molecule has 0 radical (unpaired) electrons. The molecule has 0 aromatic heterocycles. The second-order valence-corrected chi connectivity index (χ2v) is 5.97. The first-order valence-corrected chi connectivity index (χ1v) is 7.94. The zero-order chi connectivity index (χ0) is 17.5. The minimum atomic E-state index is -2.85. The Morgan fingerprint density at radius 3 is 2.79 bits per heavy atom. The van der Waals surface area contributed by atoms with E-state index in [-0.39, 0.29) is 17.6 Å². The van der Waals surface area contributed by atoms with E-state index in [2.05, 4.69) is 15.6 Å². The molecule has 0 bridgehead atoms. The summed E-state index contributed by atoms with van der Waals surface area (Å²) in [7, 11) is 1.73. The number of hydrogen-bond donors (Lipinski definition) is 0. The molecule has 0 atom stereocenters. The number of carbonyl (C=O) groups is 1. The molecule has 1 aromatic rings. The molecule has 4 nitrogen and oxygen atoms in total. The number of terminal acetylenes is 1. The Balaban J connectivity index is 1.89. The Kier molecular flexibility index (Phi) is 6.56. The van der Waals surface area contributed by atoms with Crippen molar-refractivity contribution in [3.63, 3.8) is 0 Å². The number of benzene rings is 1. The van der Waals surface area contributed by atoms with E-state index < -0.39 is 6.61 Å². The molecule has 1 aliphatic heterocycles. The lowest BCUT2D eigenvalue weighted by Gasteiger charge is -2.32. The van der Waals surface area contributed by atoms with Gasteiger partial charge in [0.2, 0.25) is 5.91 Å². The van der Waals surface area contributed by atoms with Crippen molar-refractivity contribution in [2.75, 3.05) is 26.7 Å². The van der Waals surface area contributed by atoms with Crippen molar-refractivity contribution >= 4 is 5.91 Å². The number of amides is 1.